The van der Waals surface area contributed by atoms with E-state index in [0.29, 0.717) is 44.6 Å². The lowest BCUT2D eigenvalue weighted by atomic mass is 10.0. The maximum atomic E-state index is 10.2. The van der Waals surface area contributed by atoms with Crippen molar-refractivity contribution >= 4 is 11.9 Å². The second kappa shape index (κ2) is 8.58. The molecule has 21 heavy (non-hydrogen) atoms. The highest BCUT2D eigenvalue weighted by Gasteiger charge is 2.20. The highest BCUT2D eigenvalue weighted by molar-refractivity contribution is 5.36. The van der Waals surface area contributed by atoms with Crippen LogP contribution in [0.1, 0.15) is 27.2 Å². The fourth-order valence-electron chi connectivity index (χ4n) is 1.55. The van der Waals surface area contributed by atoms with Crippen LogP contribution in [0.3, 0.4) is 0 Å². The molecule has 0 aromatic carbocycles. The maximum Gasteiger partial charge on any atom is 0.323 e. The molecule has 8 heteroatoms. The molecular formula is C13H25N5O3. The number of anilines is 2. The second-order valence-corrected chi connectivity index (χ2v) is 4.82. The van der Waals surface area contributed by atoms with Crippen LogP contribution in [-0.2, 0) is 4.74 Å². The van der Waals surface area contributed by atoms with Crippen LogP contribution in [-0.4, -0.2) is 59.1 Å². The van der Waals surface area contributed by atoms with E-state index in [1.54, 1.807) is 14.0 Å². The van der Waals surface area contributed by atoms with Crippen molar-refractivity contribution < 1.29 is 14.6 Å². The largest absolute Gasteiger partial charge is 0.464 e. The van der Waals surface area contributed by atoms with E-state index in [9.17, 15) is 5.11 Å². The van der Waals surface area contributed by atoms with Gasteiger partial charge >= 0.3 is 6.01 Å². The average Bonchev–Trinajstić information content (AvgIpc) is 2.44. The summed E-state index contributed by atoms with van der Waals surface area (Å²) in [7, 11) is 1.60. The molecule has 0 saturated carbocycles. The molecule has 0 aliphatic heterocycles. The molecule has 1 aromatic heterocycles. The lowest BCUT2D eigenvalue weighted by Gasteiger charge is -2.23. The molecule has 0 amide bonds. The molecule has 1 aromatic rings. The summed E-state index contributed by atoms with van der Waals surface area (Å²) >= 11 is 0. The second-order valence-electron chi connectivity index (χ2n) is 4.82. The average molecular weight is 299 g/mol. The maximum absolute atomic E-state index is 10.2. The van der Waals surface area contributed by atoms with Gasteiger partial charge in [0.05, 0.1) is 12.2 Å². The van der Waals surface area contributed by atoms with E-state index in [2.05, 4.69) is 25.6 Å². The van der Waals surface area contributed by atoms with Crippen LogP contribution >= 0.6 is 0 Å². The Labute approximate surface area is 125 Å². The highest BCUT2D eigenvalue weighted by Crippen LogP contribution is 2.14. The standard InChI is InChI=1S/C13H25N5O3/c1-5-14-10-16-11(18-12(17-10)21-6-2)15-9-13(3,19)7-8-20-4/h19H,5-9H2,1-4H3,(H2,14,15,16,17,18). The van der Waals surface area contributed by atoms with Gasteiger partial charge in [0.1, 0.15) is 0 Å². The Morgan fingerprint density at radius 2 is 1.81 bits per heavy atom. The van der Waals surface area contributed by atoms with Crippen molar-refractivity contribution in [2.24, 2.45) is 0 Å². The van der Waals surface area contributed by atoms with Gasteiger partial charge in [0.2, 0.25) is 11.9 Å². The van der Waals surface area contributed by atoms with Gasteiger partial charge in [-0.05, 0) is 20.8 Å². The molecule has 0 bridgehead atoms. The number of hydrogen-bond donors (Lipinski definition) is 3. The van der Waals surface area contributed by atoms with Crippen LogP contribution in [0, 0.1) is 0 Å². The predicted molar refractivity (Wildman–Crippen MR) is 80.8 cm³/mol. The zero-order valence-electron chi connectivity index (χ0n) is 13.1. The van der Waals surface area contributed by atoms with Crippen molar-refractivity contribution in [2.45, 2.75) is 32.8 Å². The molecule has 0 fully saturated rings. The summed E-state index contributed by atoms with van der Waals surface area (Å²) in [6.07, 6.45) is 0.514. The molecule has 1 unspecified atom stereocenters. The van der Waals surface area contributed by atoms with Gasteiger partial charge in [0.15, 0.2) is 0 Å². The molecule has 0 aliphatic carbocycles. The number of nitrogens with zero attached hydrogens (tertiary/aromatic N) is 3. The van der Waals surface area contributed by atoms with Gasteiger partial charge in [0, 0.05) is 33.2 Å². The number of aromatic nitrogens is 3. The normalized spacial score (nSPS) is 13.6. The molecule has 0 aliphatic rings. The Morgan fingerprint density at radius 3 is 2.38 bits per heavy atom. The Balaban J connectivity index is 2.72. The summed E-state index contributed by atoms with van der Waals surface area (Å²) in [5.41, 5.74) is -0.910. The smallest absolute Gasteiger partial charge is 0.323 e. The molecule has 3 N–H and O–H groups in total. The van der Waals surface area contributed by atoms with E-state index < -0.39 is 5.60 Å². The van der Waals surface area contributed by atoms with E-state index in [4.69, 9.17) is 9.47 Å². The first-order valence-electron chi connectivity index (χ1n) is 7.08. The van der Waals surface area contributed by atoms with Crippen LogP contribution in [0.25, 0.3) is 0 Å². The van der Waals surface area contributed by atoms with Gasteiger partial charge in [0.25, 0.3) is 0 Å². The van der Waals surface area contributed by atoms with Crippen LogP contribution in [0.15, 0.2) is 0 Å². The van der Waals surface area contributed by atoms with E-state index in [-0.39, 0.29) is 6.01 Å². The fraction of sp³-hybridized carbons (Fsp3) is 0.769. The van der Waals surface area contributed by atoms with Gasteiger partial charge in [-0.3, -0.25) is 0 Å². The number of methoxy groups -OCH3 is 1. The third-order valence-corrected chi connectivity index (χ3v) is 2.70. The Hall–Kier alpha value is -1.67. The minimum atomic E-state index is -0.910. The fourth-order valence-corrected chi connectivity index (χ4v) is 1.55. The third kappa shape index (κ3) is 6.54. The van der Waals surface area contributed by atoms with Crippen molar-refractivity contribution in [2.75, 3.05) is 44.0 Å². The quantitative estimate of drug-likeness (QED) is 0.586. The molecule has 0 radical (unpaired) electrons. The van der Waals surface area contributed by atoms with Crippen LogP contribution in [0.4, 0.5) is 11.9 Å². The van der Waals surface area contributed by atoms with E-state index in [0.717, 1.165) is 0 Å². The van der Waals surface area contributed by atoms with Crippen LogP contribution < -0.4 is 15.4 Å². The minimum absolute atomic E-state index is 0.252. The number of hydrogen-bond acceptors (Lipinski definition) is 8. The molecule has 8 nitrogen and oxygen atoms in total. The topological polar surface area (TPSA) is 101 Å². The van der Waals surface area contributed by atoms with Gasteiger partial charge in [-0.1, -0.05) is 0 Å². The zero-order chi connectivity index (χ0) is 15.7. The first kappa shape index (κ1) is 17.4. The van der Waals surface area contributed by atoms with E-state index in [1.165, 1.54) is 0 Å². The van der Waals surface area contributed by atoms with E-state index in [1.807, 2.05) is 13.8 Å². The number of nitrogens with one attached hydrogen (secondary N) is 2. The SMILES string of the molecule is CCNc1nc(NCC(C)(O)CCOC)nc(OCC)n1. The van der Waals surface area contributed by atoms with Crippen molar-refractivity contribution in [3.8, 4) is 6.01 Å². The van der Waals surface area contributed by atoms with Gasteiger partial charge < -0.3 is 25.2 Å². The Morgan fingerprint density at radius 1 is 1.14 bits per heavy atom. The minimum Gasteiger partial charge on any atom is -0.464 e. The molecule has 1 rings (SSSR count). The lowest BCUT2D eigenvalue weighted by molar-refractivity contribution is 0.0356. The summed E-state index contributed by atoms with van der Waals surface area (Å²) in [4.78, 5) is 12.5. The lowest BCUT2D eigenvalue weighted by Crippen LogP contribution is -2.35. The molecule has 0 saturated heterocycles. The zero-order valence-corrected chi connectivity index (χ0v) is 13.1. The first-order valence-corrected chi connectivity index (χ1v) is 7.08. The molecule has 120 valence electrons. The van der Waals surface area contributed by atoms with Gasteiger partial charge in [-0.25, -0.2) is 0 Å². The van der Waals surface area contributed by atoms with Crippen molar-refractivity contribution in [3.63, 3.8) is 0 Å². The van der Waals surface area contributed by atoms with Crippen LogP contribution in [0.2, 0.25) is 0 Å². The Kier molecular flexibility index (Phi) is 7.10. The summed E-state index contributed by atoms with van der Waals surface area (Å²) in [6, 6.07) is 0.252. The van der Waals surface area contributed by atoms with Gasteiger partial charge in [-0.2, -0.15) is 15.0 Å². The summed E-state index contributed by atoms with van der Waals surface area (Å²) in [5, 5.41) is 16.2. The van der Waals surface area contributed by atoms with Crippen molar-refractivity contribution in [1.82, 2.24) is 15.0 Å². The van der Waals surface area contributed by atoms with Crippen molar-refractivity contribution in [1.29, 1.82) is 0 Å². The van der Waals surface area contributed by atoms with Gasteiger partial charge in [-0.15, -0.1) is 0 Å². The number of ether oxygens (including phenoxy) is 2. The van der Waals surface area contributed by atoms with Crippen LogP contribution in [0.5, 0.6) is 6.01 Å². The highest BCUT2D eigenvalue weighted by atomic mass is 16.5. The summed E-state index contributed by atoms with van der Waals surface area (Å²) in [6.45, 7) is 7.50. The van der Waals surface area contributed by atoms with E-state index >= 15 is 0 Å². The third-order valence-electron chi connectivity index (χ3n) is 2.70. The number of rotatable bonds is 10. The molecule has 1 atom stereocenters. The summed E-state index contributed by atoms with van der Waals surface area (Å²) in [5.74, 6) is 0.803. The molecule has 1 heterocycles. The van der Waals surface area contributed by atoms with Crippen molar-refractivity contribution in [3.05, 3.63) is 0 Å². The monoisotopic (exact) mass is 299 g/mol. The first-order chi connectivity index (χ1) is 10.0. The summed E-state index contributed by atoms with van der Waals surface area (Å²) < 4.78 is 10.3. The molecule has 0 spiro atoms. The molecular weight excluding hydrogens is 274 g/mol. The predicted octanol–water partition coefficient (Wildman–Crippen LogP) is 0.901. The number of aliphatic hydroxyl groups is 1. The Bertz CT molecular complexity index is 404.